The number of halogens is 2. The van der Waals surface area contributed by atoms with Crippen molar-refractivity contribution in [3.05, 3.63) is 28.2 Å². The second-order valence-electron chi connectivity index (χ2n) is 5.98. The highest BCUT2D eigenvalue weighted by Crippen LogP contribution is 2.28. The molecule has 24 heavy (non-hydrogen) atoms. The topological polar surface area (TPSA) is 35.5 Å². The Labute approximate surface area is 155 Å². The fourth-order valence-electron chi connectivity index (χ4n) is 2.34. The van der Waals surface area contributed by atoms with Crippen LogP contribution in [0.4, 0.5) is 0 Å². The van der Waals surface area contributed by atoms with Crippen LogP contribution in [0.2, 0.25) is 10.0 Å². The van der Waals surface area contributed by atoms with E-state index in [0.717, 1.165) is 12.8 Å². The standard InChI is InChI=1S/C19H28Cl2O3/c1-3-4-5-6-7-8-9-10-13-23-19(22)15(2)24-18-12-11-16(20)14-17(18)21/h11-12,14-15H,3-10,13H2,1-2H3. The Morgan fingerprint density at radius 2 is 1.67 bits per heavy atom. The van der Waals surface area contributed by atoms with Crippen molar-refractivity contribution in [1.29, 1.82) is 0 Å². The molecule has 1 aromatic rings. The molecule has 0 aliphatic carbocycles. The van der Waals surface area contributed by atoms with Crippen molar-refractivity contribution in [3.63, 3.8) is 0 Å². The Morgan fingerprint density at radius 1 is 1.04 bits per heavy atom. The quantitative estimate of drug-likeness (QED) is 0.311. The van der Waals surface area contributed by atoms with Crippen LogP contribution in [0.25, 0.3) is 0 Å². The number of carbonyl (C=O) groups is 1. The summed E-state index contributed by atoms with van der Waals surface area (Å²) in [5.74, 6) is 0.0570. The van der Waals surface area contributed by atoms with Gasteiger partial charge in [-0.25, -0.2) is 4.79 Å². The summed E-state index contributed by atoms with van der Waals surface area (Å²) in [6.45, 7) is 4.32. The van der Waals surface area contributed by atoms with Crippen LogP contribution >= 0.6 is 23.2 Å². The van der Waals surface area contributed by atoms with Crippen molar-refractivity contribution >= 4 is 29.2 Å². The summed E-state index contributed by atoms with van der Waals surface area (Å²) in [6.07, 6.45) is 9.00. The van der Waals surface area contributed by atoms with Gasteiger partial charge in [-0.3, -0.25) is 0 Å². The molecular formula is C19H28Cl2O3. The van der Waals surface area contributed by atoms with E-state index in [4.69, 9.17) is 32.7 Å². The average molecular weight is 375 g/mol. The summed E-state index contributed by atoms with van der Waals surface area (Å²) in [4.78, 5) is 11.9. The predicted molar refractivity (Wildman–Crippen MR) is 100 cm³/mol. The molecule has 0 bridgehead atoms. The molecule has 0 aliphatic heterocycles. The highest BCUT2D eigenvalue weighted by Gasteiger charge is 2.17. The zero-order chi connectivity index (χ0) is 17.8. The van der Waals surface area contributed by atoms with Crippen molar-refractivity contribution < 1.29 is 14.3 Å². The van der Waals surface area contributed by atoms with Gasteiger partial charge in [-0.1, -0.05) is 75.1 Å². The van der Waals surface area contributed by atoms with E-state index in [-0.39, 0.29) is 5.97 Å². The fraction of sp³-hybridized carbons (Fsp3) is 0.632. The Hall–Kier alpha value is -0.930. The van der Waals surface area contributed by atoms with Gasteiger partial charge < -0.3 is 9.47 Å². The maximum absolute atomic E-state index is 11.9. The van der Waals surface area contributed by atoms with Gasteiger partial charge in [0.05, 0.1) is 11.6 Å². The number of hydrogen-bond acceptors (Lipinski definition) is 3. The number of unbranched alkanes of at least 4 members (excludes halogenated alkanes) is 7. The molecule has 0 spiro atoms. The molecule has 0 saturated heterocycles. The van der Waals surface area contributed by atoms with Gasteiger partial charge in [0.2, 0.25) is 0 Å². The zero-order valence-electron chi connectivity index (χ0n) is 14.7. The first-order chi connectivity index (χ1) is 11.5. The minimum atomic E-state index is -0.697. The summed E-state index contributed by atoms with van der Waals surface area (Å²) in [7, 11) is 0. The molecule has 5 heteroatoms. The first-order valence-electron chi connectivity index (χ1n) is 8.83. The second kappa shape index (κ2) is 12.4. The van der Waals surface area contributed by atoms with Crippen LogP contribution < -0.4 is 4.74 Å². The normalized spacial score (nSPS) is 12.0. The van der Waals surface area contributed by atoms with Gasteiger partial charge in [-0.2, -0.15) is 0 Å². The van der Waals surface area contributed by atoms with Crippen LogP contribution in [0.5, 0.6) is 5.75 Å². The molecule has 0 amide bonds. The number of rotatable bonds is 12. The molecule has 0 aliphatic rings. The van der Waals surface area contributed by atoms with E-state index >= 15 is 0 Å². The Morgan fingerprint density at radius 3 is 2.29 bits per heavy atom. The van der Waals surface area contributed by atoms with Crippen LogP contribution in [0, 0.1) is 0 Å². The molecule has 0 heterocycles. The molecule has 1 rings (SSSR count). The summed E-state index contributed by atoms with van der Waals surface area (Å²) in [5.41, 5.74) is 0. The van der Waals surface area contributed by atoms with Gasteiger partial charge in [-0.05, 0) is 31.5 Å². The van der Waals surface area contributed by atoms with Crippen LogP contribution in [-0.2, 0) is 9.53 Å². The zero-order valence-corrected chi connectivity index (χ0v) is 16.2. The molecule has 0 aromatic heterocycles. The second-order valence-corrected chi connectivity index (χ2v) is 6.82. The number of carbonyl (C=O) groups excluding carboxylic acids is 1. The molecule has 0 saturated carbocycles. The number of hydrogen-bond donors (Lipinski definition) is 0. The van der Waals surface area contributed by atoms with Gasteiger partial charge in [0.1, 0.15) is 5.75 Å². The van der Waals surface area contributed by atoms with E-state index in [9.17, 15) is 4.79 Å². The minimum absolute atomic E-state index is 0.371. The first kappa shape index (κ1) is 21.1. The first-order valence-corrected chi connectivity index (χ1v) is 9.58. The molecule has 3 nitrogen and oxygen atoms in total. The van der Waals surface area contributed by atoms with Crippen LogP contribution in [0.1, 0.15) is 65.2 Å². The van der Waals surface area contributed by atoms with Crippen molar-refractivity contribution in [2.24, 2.45) is 0 Å². The Balaban J connectivity index is 2.14. The third-order valence-electron chi connectivity index (χ3n) is 3.77. The lowest BCUT2D eigenvalue weighted by molar-refractivity contribution is -0.151. The summed E-state index contributed by atoms with van der Waals surface area (Å²) in [5, 5.41) is 0.905. The number of esters is 1. The smallest absolute Gasteiger partial charge is 0.347 e. The summed E-state index contributed by atoms with van der Waals surface area (Å²) < 4.78 is 10.8. The molecule has 1 aromatic carbocycles. The van der Waals surface area contributed by atoms with Crippen LogP contribution in [0.3, 0.4) is 0 Å². The highest BCUT2D eigenvalue weighted by molar-refractivity contribution is 6.35. The lowest BCUT2D eigenvalue weighted by atomic mass is 10.1. The third-order valence-corrected chi connectivity index (χ3v) is 4.30. The minimum Gasteiger partial charge on any atom is -0.477 e. The number of ether oxygens (including phenoxy) is 2. The maximum atomic E-state index is 11.9. The van der Waals surface area contributed by atoms with Crippen LogP contribution in [0.15, 0.2) is 18.2 Å². The Bertz CT molecular complexity index is 492. The van der Waals surface area contributed by atoms with E-state index < -0.39 is 6.10 Å². The van der Waals surface area contributed by atoms with Crippen molar-refractivity contribution in [3.8, 4) is 5.75 Å². The van der Waals surface area contributed by atoms with E-state index in [1.54, 1.807) is 25.1 Å². The van der Waals surface area contributed by atoms with Gasteiger partial charge >= 0.3 is 5.97 Å². The van der Waals surface area contributed by atoms with Gasteiger partial charge in [0.25, 0.3) is 0 Å². The molecule has 136 valence electrons. The molecule has 0 fully saturated rings. The van der Waals surface area contributed by atoms with E-state index in [0.29, 0.717) is 22.4 Å². The maximum Gasteiger partial charge on any atom is 0.347 e. The SMILES string of the molecule is CCCCCCCCCCOC(=O)C(C)Oc1ccc(Cl)cc1Cl. The predicted octanol–water partition coefficient (Wildman–Crippen LogP) is 6.44. The third kappa shape index (κ3) is 8.79. The average Bonchev–Trinajstić information content (AvgIpc) is 2.55. The van der Waals surface area contributed by atoms with Crippen molar-refractivity contribution in [2.75, 3.05) is 6.61 Å². The van der Waals surface area contributed by atoms with Crippen molar-refractivity contribution in [1.82, 2.24) is 0 Å². The van der Waals surface area contributed by atoms with E-state index in [1.165, 1.54) is 38.5 Å². The van der Waals surface area contributed by atoms with Crippen molar-refractivity contribution in [2.45, 2.75) is 71.3 Å². The van der Waals surface area contributed by atoms with Gasteiger partial charge in [-0.15, -0.1) is 0 Å². The summed E-state index contributed by atoms with van der Waals surface area (Å²) >= 11 is 11.9. The monoisotopic (exact) mass is 374 g/mol. The van der Waals surface area contributed by atoms with E-state index in [2.05, 4.69) is 6.92 Å². The van der Waals surface area contributed by atoms with Gasteiger partial charge in [0, 0.05) is 5.02 Å². The molecular weight excluding hydrogens is 347 g/mol. The van der Waals surface area contributed by atoms with Crippen LogP contribution in [-0.4, -0.2) is 18.7 Å². The Kier molecular flexibility index (Phi) is 10.9. The van der Waals surface area contributed by atoms with E-state index in [1.807, 2.05) is 0 Å². The fourth-order valence-corrected chi connectivity index (χ4v) is 2.79. The lowest BCUT2D eigenvalue weighted by Gasteiger charge is -2.15. The molecule has 0 N–H and O–H groups in total. The van der Waals surface area contributed by atoms with Gasteiger partial charge in [0.15, 0.2) is 6.10 Å². The molecule has 1 unspecified atom stereocenters. The molecule has 0 radical (unpaired) electrons. The largest absolute Gasteiger partial charge is 0.477 e. The lowest BCUT2D eigenvalue weighted by Crippen LogP contribution is -2.26. The molecule has 1 atom stereocenters. The highest BCUT2D eigenvalue weighted by atomic mass is 35.5. The number of benzene rings is 1. The summed E-state index contributed by atoms with van der Waals surface area (Å²) in [6, 6.07) is 4.89.